The first-order chi connectivity index (χ1) is 10.0. The van der Waals surface area contributed by atoms with Crippen molar-refractivity contribution in [3.63, 3.8) is 0 Å². The van der Waals surface area contributed by atoms with Crippen LogP contribution in [0.15, 0.2) is 24.3 Å². The fourth-order valence-corrected chi connectivity index (χ4v) is 4.59. The highest BCUT2D eigenvalue weighted by Gasteiger charge is 2.55. The lowest BCUT2D eigenvalue weighted by Gasteiger charge is -2.35. The SMILES string of the molecule is CC(C)(C)c1ccc([C@H]2C[C@@H]2B2CC(C)(C)C(C)(C)C2)cc1. The maximum atomic E-state index is 2.47. The lowest BCUT2D eigenvalue weighted by molar-refractivity contribution is 0.177. The topological polar surface area (TPSA) is 0 Å². The first-order valence-electron chi connectivity index (χ1n) is 9.12. The van der Waals surface area contributed by atoms with Crippen molar-refractivity contribution >= 4 is 6.71 Å². The van der Waals surface area contributed by atoms with Gasteiger partial charge in [-0.2, -0.15) is 0 Å². The van der Waals surface area contributed by atoms with Crippen molar-refractivity contribution in [2.75, 3.05) is 0 Å². The van der Waals surface area contributed by atoms with Gasteiger partial charge in [-0.25, -0.2) is 0 Å². The molecule has 0 spiro atoms. The molecule has 1 heterocycles. The van der Waals surface area contributed by atoms with Gasteiger partial charge >= 0.3 is 0 Å². The van der Waals surface area contributed by atoms with E-state index in [1.807, 2.05) is 0 Å². The molecular formula is C21H33B. The maximum absolute atomic E-state index is 2.47. The van der Waals surface area contributed by atoms with Gasteiger partial charge in [0.25, 0.3) is 0 Å². The van der Waals surface area contributed by atoms with Gasteiger partial charge in [0.15, 0.2) is 0 Å². The molecule has 3 rings (SSSR count). The van der Waals surface area contributed by atoms with E-state index in [4.69, 9.17) is 0 Å². The molecular weight excluding hydrogens is 263 g/mol. The molecule has 0 radical (unpaired) electrons. The smallest absolute Gasteiger partial charge is 0.0682 e. The molecule has 1 heteroatoms. The number of benzene rings is 1. The quantitative estimate of drug-likeness (QED) is 0.554. The van der Waals surface area contributed by atoms with Gasteiger partial charge in [0, 0.05) is 0 Å². The van der Waals surface area contributed by atoms with Crippen molar-refractivity contribution in [3.8, 4) is 0 Å². The molecule has 1 saturated heterocycles. The van der Waals surface area contributed by atoms with Crippen LogP contribution in [0.4, 0.5) is 0 Å². The zero-order chi connectivity index (χ0) is 16.3. The minimum atomic E-state index is 0.265. The predicted molar refractivity (Wildman–Crippen MR) is 99.2 cm³/mol. The van der Waals surface area contributed by atoms with Crippen LogP contribution in [0.2, 0.25) is 18.5 Å². The zero-order valence-corrected chi connectivity index (χ0v) is 15.7. The average Bonchev–Trinajstić information content (AvgIpc) is 3.12. The first-order valence-corrected chi connectivity index (χ1v) is 9.12. The Bertz CT molecular complexity index is 528. The van der Waals surface area contributed by atoms with E-state index in [0.717, 1.165) is 18.4 Å². The van der Waals surface area contributed by atoms with Gasteiger partial charge in [-0.05, 0) is 39.7 Å². The molecule has 22 heavy (non-hydrogen) atoms. The molecule has 0 amide bonds. The van der Waals surface area contributed by atoms with E-state index >= 15 is 0 Å². The van der Waals surface area contributed by atoms with Crippen LogP contribution in [0.25, 0.3) is 0 Å². The summed E-state index contributed by atoms with van der Waals surface area (Å²) >= 11 is 0. The summed E-state index contributed by atoms with van der Waals surface area (Å²) in [4.78, 5) is 0. The Labute approximate surface area is 138 Å². The Morgan fingerprint density at radius 2 is 1.41 bits per heavy atom. The second-order valence-electron chi connectivity index (χ2n) is 10.3. The summed E-state index contributed by atoms with van der Waals surface area (Å²) in [7, 11) is 0. The van der Waals surface area contributed by atoms with E-state index in [2.05, 4.69) is 72.7 Å². The van der Waals surface area contributed by atoms with Crippen LogP contribution in [0.1, 0.15) is 71.9 Å². The molecule has 120 valence electrons. The molecule has 1 saturated carbocycles. The van der Waals surface area contributed by atoms with Crippen molar-refractivity contribution in [3.05, 3.63) is 35.4 Å². The summed E-state index contributed by atoms with van der Waals surface area (Å²) in [6.45, 7) is 17.7. The van der Waals surface area contributed by atoms with Crippen LogP contribution in [0, 0.1) is 10.8 Å². The summed E-state index contributed by atoms with van der Waals surface area (Å²) in [5.74, 6) is 1.78. The molecule has 2 atom stereocenters. The standard InChI is InChI=1S/C21H33B/c1-19(2,3)16-10-8-15(9-11-16)17-12-18(17)22-13-20(4,5)21(6,7)14-22/h8-11,17-18H,12-14H2,1-7H3/t17-,18+/m1/s1. The molecule has 0 unspecified atom stereocenters. The largest absolute Gasteiger partial charge is 0.144 e. The summed E-state index contributed by atoms with van der Waals surface area (Å²) < 4.78 is 0. The third-order valence-corrected chi connectivity index (χ3v) is 7.03. The van der Waals surface area contributed by atoms with Gasteiger partial charge in [0.2, 0.25) is 0 Å². The van der Waals surface area contributed by atoms with Gasteiger partial charge < -0.3 is 0 Å². The number of rotatable bonds is 2. The fraction of sp³-hybridized carbons (Fsp3) is 0.714. The summed E-state index contributed by atoms with van der Waals surface area (Å²) in [6.07, 6.45) is 4.26. The maximum Gasteiger partial charge on any atom is 0.144 e. The molecule has 0 aromatic heterocycles. The van der Waals surface area contributed by atoms with Crippen LogP contribution in [0.3, 0.4) is 0 Å². The van der Waals surface area contributed by atoms with Crippen molar-refractivity contribution in [1.29, 1.82) is 0 Å². The highest BCUT2D eigenvalue weighted by atomic mass is 14.5. The van der Waals surface area contributed by atoms with Crippen molar-refractivity contribution < 1.29 is 0 Å². The third kappa shape index (κ3) is 2.77. The van der Waals surface area contributed by atoms with E-state index < -0.39 is 0 Å². The lowest BCUT2D eigenvalue weighted by Crippen LogP contribution is -2.24. The van der Waals surface area contributed by atoms with Crippen LogP contribution in [-0.2, 0) is 5.41 Å². The van der Waals surface area contributed by atoms with Crippen molar-refractivity contribution in [2.45, 2.75) is 84.7 Å². The second-order valence-corrected chi connectivity index (χ2v) is 10.3. The summed E-state index contributed by atoms with van der Waals surface area (Å²) in [5, 5.41) is 0. The minimum Gasteiger partial charge on any atom is -0.0682 e. The Hall–Kier alpha value is -0.715. The monoisotopic (exact) mass is 296 g/mol. The van der Waals surface area contributed by atoms with Gasteiger partial charge in [0.1, 0.15) is 6.71 Å². The Morgan fingerprint density at radius 3 is 1.86 bits per heavy atom. The highest BCUT2D eigenvalue weighted by Crippen LogP contribution is 2.64. The molecule has 2 aliphatic rings. The average molecular weight is 296 g/mol. The molecule has 2 fully saturated rings. The first kappa shape index (κ1) is 16.2. The van der Waals surface area contributed by atoms with Crippen molar-refractivity contribution in [1.82, 2.24) is 0 Å². The lowest BCUT2D eigenvalue weighted by atomic mass is 9.42. The van der Waals surface area contributed by atoms with Gasteiger partial charge in [-0.1, -0.05) is 91.2 Å². The van der Waals surface area contributed by atoms with Crippen LogP contribution >= 0.6 is 0 Å². The minimum absolute atomic E-state index is 0.265. The molecule has 0 bridgehead atoms. The molecule has 1 aliphatic heterocycles. The normalized spacial score (nSPS) is 29.7. The Morgan fingerprint density at radius 1 is 0.909 bits per heavy atom. The molecule has 0 nitrogen and oxygen atoms in total. The van der Waals surface area contributed by atoms with Crippen LogP contribution in [-0.4, -0.2) is 6.71 Å². The van der Waals surface area contributed by atoms with Crippen molar-refractivity contribution in [2.24, 2.45) is 10.8 Å². The highest BCUT2D eigenvalue weighted by molar-refractivity contribution is 6.63. The van der Waals surface area contributed by atoms with Crippen LogP contribution in [0.5, 0.6) is 0 Å². The number of hydrogen-bond acceptors (Lipinski definition) is 0. The third-order valence-electron chi connectivity index (χ3n) is 7.03. The van der Waals surface area contributed by atoms with Gasteiger partial charge in [0.05, 0.1) is 0 Å². The zero-order valence-electron chi connectivity index (χ0n) is 15.7. The Kier molecular flexibility index (Phi) is 3.59. The summed E-state index contributed by atoms with van der Waals surface area (Å²) in [6, 6.07) is 9.51. The summed E-state index contributed by atoms with van der Waals surface area (Å²) in [5.41, 5.74) is 4.31. The molecule has 1 aromatic rings. The predicted octanol–water partition coefficient (Wildman–Crippen LogP) is 6.40. The van der Waals surface area contributed by atoms with Crippen LogP contribution < -0.4 is 0 Å². The van der Waals surface area contributed by atoms with E-state index in [0.29, 0.717) is 10.8 Å². The van der Waals surface area contributed by atoms with Gasteiger partial charge in [-0.3, -0.25) is 0 Å². The Balaban J connectivity index is 1.68. The van der Waals surface area contributed by atoms with E-state index in [1.54, 1.807) is 5.56 Å². The van der Waals surface area contributed by atoms with E-state index in [9.17, 15) is 0 Å². The molecule has 1 aliphatic carbocycles. The van der Waals surface area contributed by atoms with Gasteiger partial charge in [-0.15, -0.1) is 0 Å². The van der Waals surface area contributed by atoms with E-state index in [1.165, 1.54) is 24.6 Å². The second kappa shape index (κ2) is 4.89. The number of hydrogen-bond donors (Lipinski definition) is 0. The van der Waals surface area contributed by atoms with E-state index in [-0.39, 0.29) is 5.41 Å². The molecule has 1 aromatic carbocycles. The molecule has 0 N–H and O–H groups in total. The fourth-order valence-electron chi connectivity index (χ4n) is 4.59.